The van der Waals surface area contributed by atoms with Crippen LogP contribution in [0.2, 0.25) is 5.02 Å². The number of thiazole rings is 1. The van der Waals surface area contributed by atoms with E-state index in [0.717, 1.165) is 23.7 Å². The second kappa shape index (κ2) is 10.4. The van der Waals surface area contributed by atoms with Gasteiger partial charge in [0.05, 0.1) is 23.1 Å². The van der Waals surface area contributed by atoms with E-state index in [4.69, 9.17) is 21.1 Å². The number of aromatic nitrogens is 1. The summed E-state index contributed by atoms with van der Waals surface area (Å²) in [5.41, 5.74) is 0. The van der Waals surface area contributed by atoms with Crippen molar-refractivity contribution in [3.8, 4) is 16.7 Å². The number of nitrogens with zero attached hydrogens (tertiary/aromatic N) is 2. The van der Waals surface area contributed by atoms with Gasteiger partial charge in [-0.3, -0.25) is 9.59 Å². The van der Waals surface area contributed by atoms with Crippen LogP contribution in [0, 0.1) is 5.92 Å². The van der Waals surface area contributed by atoms with Crippen molar-refractivity contribution in [3.05, 3.63) is 40.4 Å². The Morgan fingerprint density at radius 3 is 3.00 bits per heavy atom. The summed E-state index contributed by atoms with van der Waals surface area (Å²) in [7, 11) is 0. The van der Waals surface area contributed by atoms with Crippen LogP contribution in [0.3, 0.4) is 0 Å². The van der Waals surface area contributed by atoms with Crippen LogP contribution in [0.5, 0.6) is 16.7 Å². The topological polar surface area (TPSA) is 80.8 Å². The first kappa shape index (κ1) is 22.6. The van der Waals surface area contributed by atoms with Crippen LogP contribution >= 0.6 is 22.9 Å². The molecule has 0 spiro atoms. The number of hydrogen-bond donors (Lipinski definition) is 1. The molecule has 4 rings (SSSR count). The van der Waals surface area contributed by atoms with Gasteiger partial charge in [0.15, 0.2) is 0 Å². The van der Waals surface area contributed by atoms with Crippen LogP contribution in [0.25, 0.3) is 6.08 Å². The molecular formula is C23H26ClN3O4S. The standard InChI is InChI=1S/C23H26ClN3O4S/c1-15(26-21(28)13-27-10-2-3-22(27)29)4-8-18-12-25-23(32-18)31-20-9-7-17(11-19(20)24)30-14-16-5-6-16/h4,7-9,11-12,15-16H,2-3,5-6,10,13-14H2,1H3,(H,26,28)/t15-/m0/s1. The van der Waals surface area contributed by atoms with E-state index < -0.39 is 0 Å². The van der Waals surface area contributed by atoms with Crippen molar-refractivity contribution in [1.29, 1.82) is 0 Å². The minimum Gasteiger partial charge on any atom is -0.493 e. The maximum absolute atomic E-state index is 12.1. The molecule has 0 bridgehead atoms. The highest BCUT2D eigenvalue weighted by molar-refractivity contribution is 7.14. The van der Waals surface area contributed by atoms with E-state index in [-0.39, 0.29) is 24.4 Å². The number of hydrogen-bond acceptors (Lipinski definition) is 6. The number of likely N-dealkylation sites (tertiary alicyclic amines) is 1. The zero-order valence-corrected chi connectivity index (χ0v) is 19.5. The van der Waals surface area contributed by atoms with Crippen molar-refractivity contribution in [3.63, 3.8) is 0 Å². The van der Waals surface area contributed by atoms with Crippen LogP contribution in [0.4, 0.5) is 0 Å². The van der Waals surface area contributed by atoms with Crippen molar-refractivity contribution >= 4 is 40.8 Å². The molecule has 1 aliphatic heterocycles. The molecule has 1 aliphatic carbocycles. The normalized spacial score (nSPS) is 17.1. The molecule has 9 heteroatoms. The molecule has 1 aromatic carbocycles. The minimum atomic E-state index is -0.177. The lowest BCUT2D eigenvalue weighted by Gasteiger charge is -2.16. The minimum absolute atomic E-state index is 0.0426. The van der Waals surface area contributed by atoms with Crippen LogP contribution in [-0.4, -0.2) is 47.4 Å². The van der Waals surface area contributed by atoms with Crippen LogP contribution in [0.1, 0.15) is 37.5 Å². The molecule has 1 aromatic heterocycles. The molecule has 2 fully saturated rings. The number of nitrogens with one attached hydrogen (secondary N) is 1. The third-order valence-electron chi connectivity index (χ3n) is 5.23. The van der Waals surface area contributed by atoms with E-state index in [1.807, 2.05) is 25.1 Å². The van der Waals surface area contributed by atoms with Gasteiger partial charge >= 0.3 is 0 Å². The summed E-state index contributed by atoms with van der Waals surface area (Å²) in [6.45, 7) is 3.38. The number of ether oxygens (including phenoxy) is 2. The summed E-state index contributed by atoms with van der Waals surface area (Å²) in [5, 5.41) is 3.83. The highest BCUT2D eigenvalue weighted by atomic mass is 35.5. The van der Waals surface area contributed by atoms with E-state index in [9.17, 15) is 9.59 Å². The molecule has 1 atom stereocenters. The van der Waals surface area contributed by atoms with Gasteiger partial charge in [-0.1, -0.05) is 29.0 Å². The fourth-order valence-corrected chi connectivity index (χ4v) is 4.17. The van der Waals surface area contributed by atoms with Crippen LogP contribution in [0.15, 0.2) is 30.5 Å². The second-order valence-electron chi connectivity index (χ2n) is 8.11. The number of halogens is 1. The molecule has 1 saturated carbocycles. The van der Waals surface area contributed by atoms with Gasteiger partial charge in [0, 0.05) is 31.3 Å². The first-order chi connectivity index (χ1) is 15.5. The largest absolute Gasteiger partial charge is 0.493 e. The number of amides is 2. The van der Waals surface area contributed by atoms with Gasteiger partial charge < -0.3 is 19.7 Å². The first-order valence-electron chi connectivity index (χ1n) is 10.8. The van der Waals surface area contributed by atoms with Gasteiger partial charge in [-0.25, -0.2) is 4.98 Å². The number of carbonyl (C=O) groups excluding carboxylic acids is 2. The summed E-state index contributed by atoms with van der Waals surface area (Å²) >= 11 is 7.71. The second-order valence-corrected chi connectivity index (χ2v) is 9.54. The van der Waals surface area contributed by atoms with Gasteiger partial charge in [0.25, 0.3) is 5.19 Å². The Morgan fingerprint density at radius 2 is 2.28 bits per heavy atom. The predicted molar refractivity (Wildman–Crippen MR) is 124 cm³/mol. The molecule has 2 aliphatic rings. The molecule has 170 valence electrons. The van der Waals surface area contributed by atoms with E-state index in [1.165, 1.54) is 24.2 Å². The van der Waals surface area contributed by atoms with Crippen molar-refractivity contribution in [2.75, 3.05) is 19.7 Å². The Bertz CT molecular complexity index is 1000. The van der Waals surface area contributed by atoms with E-state index in [1.54, 1.807) is 23.2 Å². The summed E-state index contributed by atoms with van der Waals surface area (Å²) in [5.74, 6) is 1.82. The summed E-state index contributed by atoms with van der Waals surface area (Å²) in [6.07, 6.45) is 9.28. The summed E-state index contributed by atoms with van der Waals surface area (Å²) in [4.78, 5) is 30.5. The third kappa shape index (κ3) is 6.46. The van der Waals surface area contributed by atoms with Gasteiger partial charge in [-0.15, -0.1) is 0 Å². The Kier molecular flexibility index (Phi) is 7.32. The Morgan fingerprint density at radius 1 is 1.44 bits per heavy atom. The number of carbonyl (C=O) groups is 2. The quantitative estimate of drug-likeness (QED) is 0.546. The molecule has 2 amide bonds. The fraction of sp³-hybridized carbons (Fsp3) is 0.435. The van der Waals surface area contributed by atoms with Crippen LogP contribution < -0.4 is 14.8 Å². The summed E-state index contributed by atoms with van der Waals surface area (Å²) < 4.78 is 11.6. The van der Waals surface area contributed by atoms with E-state index in [0.29, 0.717) is 34.8 Å². The first-order valence-corrected chi connectivity index (χ1v) is 12.0. The lowest BCUT2D eigenvalue weighted by Crippen LogP contribution is -2.40. The van der Waals surface area contributed by atoms with Crippen molar-refractivity contribution in [2.24, 2.45) is 5.92 Å². The highest BCUT2D eigenvalue weighted by Crippen LogP contribution is 2.35. The zero-order valence-electron chi connectivity index (χ0n) is 17.9. The molecule has 0 unspecified atom stereocenters. The van der Waals surface area contributed by atoms with Crippen LogP contribution in [-0.2, 0) is 9.59 Å². The van der Waals surface area contributed by atoms with Gasteiger partial charge in [0.2, 0.25) is 11.8 Å². The summed E-state index contributed by atoms with van der Waals surface area (Å²) in [6, 6.07) is 5.21. The Labute approximate surface area is 196 Å². The van der Waals surface area contributed by atoms with Crippen molar-refractivity contribution in [1.82, 2.24) is 15.2 Å². The lowest BCUT2D eigenvalue weighted by molar-refractivity contribution is -0.133. The van der Waals surface area contributed by atoms with Gasteiger partial charge in [0.1, 0.15) is 11.5 Å². The fourth-order valence-electron chi connectivity index (χ4n) is 3.27. The lowest BCUT2D eigenvalue weighted by atomic mass is 10.3. The maximum atomic E-state index is 12.1. The SMILES string of the molecule is C[C@@H](C=Cc1cnc(Oc2ccc(OCC3CC3)cc2Cl)s1)NC(=O)CN1CCCC1=O. The van der Waals surface area contributed by atoms with Gasteiger partial charge in [-0.05, 0) is 50.3 Å². The number of benzene rings is 1. The maximum Gasteiger partial charge on any atom is 0.279 e. The average molecular weight is 476 g/mol. The molecule has 1 saturated heterocycles. The van der Waals surface area contributed by atoms with Crippen molar-refractivity contribution < 1.29 is 19.1 Å². The molecular weight excluding hydrogens is 450 g/mol. The molecule has 32 heavy (non-hydrogen) atoms. The zero-order chi connectivity index (χ0) is 22.5. The van der Waals surface area contributed by atoms with E-state index in [2.05, 4.69) is 10.3 Å². The van der Waals surface area contributed by atoms with Crippen molar-refractivity contribution in [2.45, 2.75) is 38.6 Å². The average Bonchev–Trinajstić information content (AvgIpc) is 3.35. The molecule has 0 radical (unpaired) electrons. The monoisotopic (exact) mass is 475 g/mol. The molecule has 2 heterocycles. The highest BCUT2D eigenvalue weighted by Gasteiger charge is 2.23. The molecule has 2 aromatic rings. The third-order valence-corrected chi connectivity index (χ3v) is 6.37. The predicted octanol–water partition coefficient (Wildman–Crippen LogP) is 4.52. The van der Waals surface area contributed by atoms with E-state index >= 15 is 0 Å². The number of rotatable bonds is 10. The molecule has 7 nitrogen and oxygen atoms in total. The Hall–Kier alpha value is -2.58. The smallest absolute Gasteiger partial charge is 0.279 e. The van der Waals surface area contributed by atoms with Gasteiger partial charge in [-0.2, -0.15) is 0 Å². The molecule has 1 N–H and O–H groups in total. The Balaban J connectivity index is 1.26.